The fraction of sp³-hybridized carbons (Fsp3) is 0.350. The predicted molar refractivity (Wildman–Crippen MR) is 115 cm³/mol. The van der Waals surface area contributed by atoms with Crippen molar-refractivity contribution in [2.45, 2.75) is 33.4 Å². The van der Waals surface area contributed by atoms with Crippen LogP contribution in [0.15, 0.2) is 40.8 Å². The quantitative estimate of drug-likeness (QED) is 0.531. The van der Waals surface area contributed by atoms with E-state index in [-0.39, 0.29) is 18.0 Å². The smallest absolute Gasteiger partial charge is 0.262 e. The van der Waals surface area contributed by atoms with Crippen molar-refractivity contribution >= 4 is 50.7 Å². The molecule has 0 fully saturated rings. The third-order valence-corrected chi connectivity index (χ3v) is 6.00. The van der Waals surface area contributed by atoms with E-state index in [2.05, 4.69) is 18.8 Å². The minimum absolute atomic E-state index is 0.0446. The molecule has 8 heteroatoms. The van der Waals surface area contributed by atoms with Crippen molar-refractivity contribution in [3.63, 3.8) is 0 Å². The van der Waals surface area contributed by atoms with Crippen molar-refractivity contribution in [2.75, 3.05) is 6.54 Å². The molecule has 0 aliphatic carbocycles. The van der Waals surface area contributed by atoms with E-state index >= 15 is 0 Å². The van der Waals surface area contributed by atoms with Crippen LogP contribution in [0.5, 0.6) is 0 Å². The Labute approximate surface area is 177 Å². The Balaban J connectivity index is 1.81. The molecule has 2 aromatic heterocycles. The van der Waals surface area contributed by atoms with Crippen LogP contribution in [-0.2, 0) is 17.9 Å². The van der Waals surface area contributed by atoms with Crippen LogP contribution < -0.4 is 5.56 Å². The number of benzene rings is 1. The van der Waals surface area contributed by atoms with Gasteiger partial charge in [-0.2, -0.15) is 0 Å². The summed E-state index contributed by atoms with van der Waals surface area (Å²) in [5, 5.41) is 3.30. The molecule has 148 valence electrons. The van der Waals surface area contributed by atoms with Crippen LogP contribution in [0.25, 0.3) is 10.2 Å². The van der Waals surface area contributed by atoms with Gasteiger partial charge >= 0.3 is 0 Å². The van der Waals surface area contributed by atoms with E-state index in [0.29, 0.717) is 39.3 Å². The Hall–Kier alpha value is -1.89. The van der Waals surface area contributed by atoms with Gasteiger partial charge in [-0.1, -0.05) is 43.1 Å². The first-order valence-electron chi connectivity index (χ1n) is 8.99. The maximum absolute atomic E-state index is 13.0. The molecule has 3 rings (SSSR count). The van der Waals surface area contributed by atoms with Gasteiger partial charge in [0.25, 0.3) is 5.56 Å². The second kappa shape index (κ2) is 9.07. The van der Waals surface area contributed by atoms with Gasteiger partial charge in [-0.3, -0.25) is 14.2 Å². The second-order valence-corrected chi connectivity index (χ2v) is 8.77. The van der Waals surface area contributed by atoms with Crippen LogP contribution in [0.4, 0.5) is 0 Å². The molecule has 0 aliphatic heterocycles. The van der Waals surface area contributed by atoms with E-state index in [1.165, 1.54) is 22.2 Å². The molecule has 0 unspecified atom stereocenters. The number of hydrogen-bond donors (Lipinski definition) is 0. The summed E-state index contributed by atoms with van der Waals surface area (Å²) in [5.41, 5.74) is 0.697. The number of halogens is 2. The minimum Gasteiger partial charge on any atom is -0.337 e. The molecular formula is C20H21Cl2N3O2S. The molecule has 28 heavy (non-hydrogen) atoms. The van der Waals surface area contributed by atoms with E-state index in [1.54, 1.807) is 23.1 Å². The van der Waals surface area contributed by atoms with Gasteiger partial charge in [0.15, 0.2) is 0 Å². The first kappa shape index (κ1) is 20.8. The Bertz CT molecular complexity index is 1050. The monoisotopic (exact) mass is 437 g/mol. The molecule has 0 saturated carbocycles. The third-order valence-electron chi connectivity index (χ3n) is 4.44. The molecule has 0 N–H and O–H groups in total. The number of carbonyl (C=O) groups is 1. The van der Waals surface area contributed by atoms with Gasteiger partial charge in [-0.15, -0.1) is 11.3 Å². The Morgan fingerprint density at radius 1 is 1.25 bits per heavy atom. The van der Waals surface area contributed by atoms with E-state index < -0.39 is 0 Å². The van der Waals surface area contributed by atoms with Crippen LogP contribution >= 0.6 is 34.5 Å². The Morgan fingerprint density at radius 2 is 2.04 bits per heavy atom. The van der Waals surface area contributed by atoms with Crippen LogP contribution in [-0.4, -0.2) is 26.9 Å². The molecular weight excluding hydrogens is 417 g/mol. The summed E-state index contributed by atoms with van der Waals surface area (Å²) in [5.74, 6) is 0.320. The van der Waals surface area contributed by atoms with Crippen molar-refractivity contribution < 1.29 is 4.79 Å². The first-order chi connectivity index (χ1) is 13.3. The van der Waals surface area contributed by atoms with Gasteiger partial charge in [-0.05, 0) is 41.5 Å². The van der Waals surface area contributed by atoms with Gasteiger partial charge in [0.05, 0.1) is 21.8 Å². The lowest BCUT2D eigenvalue weighted by molar-refractivity contribution is -0.132. The SMILES string of the molecule is CC(C)CCN(Cc1ccc(Cl)c(Cl)c1)C(=O)Cn1cnc2sccc2c1=O. The maximum atomic E-state index is 13.0. The lowest BCUT2D eigenvalue weighted by Gasteiger charge is -2.24. The van der Waals surface area contributed by atoms with E-state index in [1.807, 2.05) is 11.4 Å². The van der Waals surface area contributed by atoms with Crippen molar-refractivity contribution in [3.05, 3.63) is 61.9 Å². The van der Waals surface area contributed by atoms with Gasteiger partial charge < -0.3 is 4.90 Å². The topological polar surface area (TPSA) is 55.2 Å². The number of hydrogen-bond acceptors (Lipinski definition) is 4. The van der Waals surface area contributed by atoms with Crippen molar-refractivity contribution in [3.8, 4) is 0 Å². The summed E-state index contributed by atoms with van der Waals surface area (Å²) in [7, 11) is 0. The van der Waals surface area contributed by atoms with Gasteiger partial charge in [0, 0.05) is 13.1 Å². The number of aromatic nitrogens is 2. The average molecular weight is 438 g/mol. The van der Waals surface area contributed by atoms with Crippen molar-refractivity contribution in [1.29, 1.82) is 0 Å². The lowest BCUT2D eigenvalue weighted by Crippen LogP contribution is -2.37. The molecule has 3 aromatic rings. The third kappa shape index (κ3) is 4.93. The van der Waals surface area contributed by atoms with Gasteiger partial charge in [0.2, 0.25) is 5.91 Å². The van der Waals surface area contributed by atoms with E-state index in [9.17, 15) is 9.59 Å². The summed E-state index contributed by atoms with van der Waals surface area (Å²) in [6.45, 7) is 5.18. The number of fused-ring (bicyclic) bond motifs is 1. The van der Waals surface area contributed by atoms with Crippen LogP contribution in [0, 0.1) is 5.92 Å². The fourth-order valence-electron chi connectivity index (χ4n) is 2.82. The largest absolute Gasteiger partial charge is 0.337 e. The highest BCUT2D eigenvalue weighted by Gasteiger charge is 2.17. The highest BCUT2D eigenvalue weighted by Crippen LogP contribution is 2.23. The number of nitrogens with zero attached hydrogens (tertiary/aromatic N) is 3. The highest BCUT2D eigenvalue weighted by molar-refractivity contribution is 7.16. The normalized spacial score (nSPS) is 11.3. The standard InChI is InChI=1S/C20H21Cl2N3O2S/c1-13(2)5-7-24(10-14-3-4-16(21)17(22)9-14)18(26)11-25-12-23-19-15(20(25)27)6-8-28-19/h3-4,6,8-9,12-13H,5,7,10-11H2,1-2H3. The van der Waals surface area contributed by atoms with Crippen molar-refractivity contribution in [1.82, 2.24) is 14.5 Å². The highest BCUT2D eigenvalue weighted by atomic mass is 35.5. The zero-order chi connectivity index (χ0) is 20.3. The molecule has 0 saturated heterocycles. The summed E-state index contributed by atoms with van der Waals surface area (Å²) in [6.07, 6.45) is 2.31. The summed E-state index contributed by atoms with van der Waals surface area (Å²) in [6, 6.07) is 7.09. The first-order valence-corrected chi connectivity index (χ1v) is 10.6. The minimum atomic E-state index is -0.196. The molecule has 5 nitrogen and oxygen atoms in total. The molecule has 0 atom stereocenters. The Kier molecular flexibility index (Phi) is 6.75. The number of carbonyl (C=O) groups excluding carboxylic acids is 1. The summed E-state index contributed by atoms with van der Waals surface area (Å²) >= 11 is 13.5. The van der Waals surface area contributed by atoms with E-state index in [4.69, 9.17) is 23.2 Å². The number of rotatable bonds is 7. The van der Waals surface area contributed by atoms with Crippen molar-refractivity contribution in [2.24, 2.45) is 5.92 Å². The molecule has 1 amide bonds. The summed E-state index contributed by atoms with van der Waals surface area (Å²) < 4.78 is 1.37. The molecule has 0 aliphatic rings. The summed E-state index contributed by atoms with van der Waals surface area (Å²) in [4.78, 5) is 32.3. The molecule has 2 heterocycles. The number of amides is 1. The van der Waals surface area contributed by atoms with Crippen LogP contribution in [0.1, 0.15) is 25.8 Å². The lowest BCUT2D eigenvalue weighted by atomic mass is 10.1. The van der Waals surface area contributed by atoms with E-state index in [0.717, 1.165) is 12.0 Å². The molecule has 1 aromatic carbocycles. The predicted octanol–water partition coefficient (Wildman–Crippen LogP) is 4.84. The van der Waals surface area contributed by atoms with Gasteiger partial charge in [0.1, 0.15) is 11.4 Å². The van der Waals surface area contributed by atoms with Crippen LogP contribution in [0.3, 0.4) is 0 Å². The van der Waals surface area contributed by atoms with Crippen LogP contribution in [0.2, 0.25) is 10.0 Å². The van der Waals surface area contributed by atoms with Gasteiger partial charge in [-0.25, -0.2) is 4.98 Å². The molecule has 0 bridgehead atoms. The zero-order valence-corrected chi connectivity index (χ0v) is 18.0. The zero-order valence-electron chi connectivity index (χ0n) is 15.7. The molecule has 0 spiro atoms. The second-order valence-electron chi connectivity index (χ2n) is 7.06. The fourth-order valence-corrected chi connectivity index (χ4v) is 3.86. The average Bonchev–Trinajstić information content (AvgIpc) is 3.13. The Morgan fingerprint density at radius 3 is 2.75 bits per heavy atom. The number of thiophene rings is 1. The maximum Gasteiger partial charge on any atom is 0.262 e. The molecule has 0 radical (unpaired) electrons.